The van der Waals surface area contributed by atoms with Gasteiger partial charge in [-0.1, -0.05) is 36.7 Å². The topological polar surface area (TPSA) is 18.5 Å². The first-order chi connectivity index (χ1) is 4.93. The van der Waals surface area contributed by atoms with Crippen molar-refractivity contribution >= 4 is 24.5 Å². The van der Waals surface area contributed by atoms with Gasteiger partial charge in [0, 0.05) is 24.2 Å². The maximum atomic E-state index is 5.47. The van der Waals surface area contributed by atoms with Gasteiger partial charge in [-0.25, -0.2) is 0 Å². The van der Waals surface area contributed by atoms with Crippen LogP contribution in [0.4, 0.5) is 0 Å². The number of hydrogen-bond donors (Lipinski definition) is 0. The second-order valence-electron chi connectivity index (χ2n) is 3.54. The highest BCUT2D eigenvalue weighted by atomic mass is 79.9. The second kappa shape index (κ2) is 4.03. The Morgan fingerprint density at radius 1 is 1.18 bits per heavy atom. The minimum Gasteiger partial charge on any atom is -0.397 e. The standard InChI is InChI=1S/C7H17BrO2Si/c1-7(2,3)11(6-8,9-4)10-5/h6H2,1-5H3. The Labute approximate surface area is 78.7 Å². The van der Waals surface area contributed by atoms with Gasteiger partial charge in [-0.05, 0) is 0 Å². The van der Waals surface area contributed by atoms with Gasteiger partial charge >= 0.3 is 8.56 Å². The third-order valence-corrected chi connectivity index (χ3v) is 8.15. The largest absolute Gasteiger partial charge is 0.397 e. The molecule has 11 heavy (non-hydrogen) atoms. The van der Waals surface area contributed by atoms with Gasteiger partial charge in [-0.3, -0.25) is 0 Å². The molecule has 0 saturated heterocycles. The van der Waals surface area contributed by atoms with Gasteiger partial charge in [0.25, 0.3) is 0 Å². The van der Waals surface area contributed by atoms with Gasteiger partial charge in [0.1, 0.15) is 0 Å². The summed E-state index contributed by atoms with van der Waals surface area (Å²) in [6.45, 7) is 6.44. The Morgan fingerprint density at radius 3 is 1.55 bits per heavy atom. The molecule has 0 N–H and O–H groups in total. The van der Waals surface area contributed by atoms with Crippen molar-refractivity contribution in [1.29, 1.82) is 0 Å². The fraction of sp³-hybridized carbons (Fsp3) is 1.00. The lowest BCUT2D eigenvalue weighted by atomic mass is 10.3. The molecule has 0 fully saturated rings. The predicted octanol–water partition coefficient (Wildman–Crippen LogP) is 2.46. The molecule has 0 heterocycles. The highest BCUT2D eigenvalue weighted by Gasteiger charge is 2.46. The Kier molecular flexibility index (Phi) is 4.25. The normalized spacial score (nSPS) is 13.6. The van der Waals surface area contributed by atoms with Gasteiger partial charge in [0.2, 0.25) is 0 Å². The summed E-state index contributed by atoms with van der Waals surface area (Å²) < 4.78 is 10.9. The van der Waals surface area contributed by atoms with Crippen LogP contribution < -0.4 is 0 Å². The molecule has 2 nitrogen and oxygen atoms in total. The van der Waals surface area contributed by atoms with Gasteiger partial charge < -0.3 is 8.85 Å². The van der Waals surface area contributed by atoms with Crippen LogP contribution in [0.3, 0.4) is 0 Å². The summed E-state index contributed by atoms with van der Waals surface area (Å²) in [6.07, 6.45) is 0. The van der Waals surface area contributed by atoms with Crippen molar-refractivity contribution in [2.45, 2.75) is 25.8 Å². The average molecular weight is 241 g/mol. The van der Waals surface area contributed by atoms with E-state index in [2.05, 4.69) is 36.7 Å². The van der Waals surface area contributed by atoms with Crippen LogP contribution in [-0.4, -0.2) is 27.7 Å². The predicted molar refractivity (Wildman–Crippen MR) is 53.3 cm³/mol. The minimum atomic E-state index is -2.00. The molecule has 0 aliphatic heterocycles. The van der Waals surface area contributed by atoms with Gasteiger partial charge in [0.05, 0.1) is 0 Å². The van der Waals surface area contributed by atoms with Crippen LogP contribution >= 0.6 is 15.9 Å². The van der Waals surface area contributed by atoms with E-state index in [0.717, 1.165) is 4.95 Å². The van der Waals surface area contributed by atoms with Crippen molar-refractivity contribution in [1.82, 2.24) is 0 Å². The van der Waals surface area contributed by atoms with Crippen LogP contribution in [-0.2, 0) is 8.85 Å². The van der Waals surface area contributed by atoms with Crippen molar-refractivity contribution in [3.63, 3.8) is 0 Å². The van der Waals surface area contributed by atoms with E-state index < -0.39 is 8.56 Å². The smallest absolute Gasteiger partial charge is 0.354 e. The first-order valence-corrected chi connectivity index (χ1v) is 6.74. The number of alkyl halides is 1. The fourth-order valence-electron chi connectivity index (χ4n) is 1.01. The Hall–Kier alpha value is 0.617. The van der Waals surface area contributed by atoms with E-state index in [9.17, 15) is 0 Å². The molecule has 4 heteroatoms. The summed E-state index contributed by atoms with van der Waals surface area (Å²) in [5.41, 5.74) is 0. The van der Waals surface area contributed by atoms with Gasteiger partial charge in [-0.2, -0.15) is 0 Å². The zero-order valence-electron chi connectivity index (χ0n) is 7.90. The highest BCUT2D eigenvalue weighted by Crippen LogP contribution is 2.37. The molecule has 0 spiro atoms. The zero-order valence-corrected chi connectivity index (χ0v) is 10.5. The first-order valence-electron chi connectivity index (χ1n) is 3.60. The van der Waals surface area contributed by atoms with E-state index in [1.165, 1.54) is 0 Å². The second-order valence-corrected chi connectivity index (χ2v) is 9.32. The van der Waals surface area contributed by atoms with E-state index in [0.29, 0.717) is 0 Å². The molecule has 0 radical (unpaired) electrons. The van der Waals surface area contributed by atoms with Crippen molar-refractivity contribution in [3.8, 4) is 0 Å². The molecule has 0 unspecified atom stereocenters. The van der Waals surface area contributed by atoms with Crippen molar-refractivity contribution in [2.75, 3.05) is 19.2 Å². The van der Waals surface area contributed by atoms with E-state index in [1.54, 1.807) is 14.2 Å². The Morgan fingerprint density at radius 2 is 1.55 bits per heavy atom. The molecule has 0 aromatic heterocycles. The summed E-state index contributed by atoms with van der Waals surface area (Å²) in [7, 11) is 1.45. The number of rotatable bonds is 3. The molecule has 0 rings (SSSR count). The van der Waals surface area contributed by atoms with Crippen LogP contribution in [0.1, 0.15) is 20.8 Å². The maximum Gasteiger partial charge on any atom is 0.354 e. The lowest BCUT2D eigenvalue weighted by Gasteiger charge is -2.37. The number of halogens is 1. The molecule has 0 aliphatic rings. The van der Waals surface area contributed by atoms with Crippen LogP contribution in [0.25, 0.3) is 0 Å². The third-order valence-electron chi connectivity index (χ3n) is 1.98. The zero-order chi connectivity index (χ0) is 9.12. The van der Waals surface area contributed by atoms with Gasteiger partial charge in [-0.15, -0.1) is 0 Å². The summed E-state index contributed by atoms with van der Waals surface area (Å²) in [5, 5.41) is 0.111. The van der Waals surface area contributed by atoms with Crippen molar-refractivity contribution < 1.29 is 8.85 Å². The summed E-state index contributed by atoms with van der Waals surface area (Å²) in [5.74, 6) is 0. The SMILES string of the molecule is CO[Si](CBr)(OC)C(C)(C)C. The molecule has 0 aromatic rings. The van der Waals surface area contributed by atoms with Crippen molar-refractivity contribution in [2.24, 2.45) is 0 Å². The van der Waals surface area contributed by atoms with Crippen LogP contribution in [0.5, 0.6) is 0 Å². The summed E-state index contributed by atoms with van der Waals surface area (Å²) >= 11 is 3.44. The molecule has 68 valence electrons. The summed E-state index contributed by atoms with van der Waals surface area (Å²) in [6, 6.07) is 0. The minimum absolute atomic E-state index is 0.111. The number of hydrogen-bond acceptors (Lipinski definition) is 2. The van der Waals surface area contributed by atoms with Crippen LogP contribution in [0.15, 0.2) is 0 Å². The van der Waals surface area contributed by atoms with E-state index in [-0.39, 0.29) is 5.04 Å². The molecular weight excluding hydrogens is 224 g/mol. The lowest BCUT2D eigenvalue weighted by Crippen LogP contribution is -2.51. The molecule has 0 saturated carbocycles. The van der Waals surface area contributed by atoms with Crippen LogP contribution in [0, 0.1) is 0 Å². The first kappa shape index (κ1) is 11.6. The highest BCUT2D eigenvalue weighted by molar-refractivity contribution is 9.09. The Balaban J connectivity index is 4.54. The molecule has 0 bridgehead atoms. The van der Waals surface area contributed by atoms with Gasteiger partial charge in [0.15, 0.2) is 0 Å². The lowest BCUT2D eigenvalue weighted by molar-refractivity contribution is 0.221. The third kappa shape index (κ3) is 2.27. The Bertz CT molecular complexity index is 110. The van der Waals surface area contributed by atoms with E-state index in [4.69, 9.17) is 8.85 Å². The molecule has 0 aliphatic carbocycles. The average Bonchev–Trinajstić information content (AvgIpc) is 1.90. The molecule has 0 atom stereocenters. The molecule has 0 amide bonds. The van der Waals surface area contributed by atoms with E-state index >= 15 is 0 Å². The fourth-order valence-corrected chi connectivity index (χ4v) is 6.91. The molecular formula is C7H17BrO2Si. The van der Waals surface area contributed by atoms with Crippen LogP contribution in [0.2, 0.25) is 5.04 Å². The molecule has 0 aromatic carbocycles. The quantitative estimate of drug-likeness (QED) is 0.558. The summed E-state index contributed by atoms with van der Waals surface area (Å²) in [4.78, 5) is 0.816. The van der Waals surface area contributed by atoms with Crippen molar-refractivity contribution in [3.05, 3.63) is 0 Å². The maximum absolute atomic E-state index is 5.47. The monoisotopic (exact) mass is 240 g/mol. The van der Waals surface area contributed by atoms with E-state index in [1.807, 2.05) is 0 Å².